The first-order chi connectivity index (χ1) is 15.4. The Hall–Kier alpha value is -4.32. The van der Waals surface area contributed by atoms with Crippen LogP contribution in [0.2, 0.25) is 0 Å². The molecule has 0 saturated heterocycles. The molecule has 9 heteroatoms. The van der Waals surface area contributed by atoms with Gasteiger partial charge in [-0.05, 0) is 42.7 Å². The molecule has 0 aliphatic carbocycles. The highest BCUT2D eigenvalue weighted by atomic mass is 16.4. The first kappa shape index (κ1) is 20.9. The lowest BCUT2D eigenvalue weighted by molar-refractivity contribution is -0.117. The molecule has 0 bridgehead atoms. The summed E-state index contributed by atoms with van der Waals surface area (Å²) in [6.45, 7) is 3.54. The zero-order chi connectivity index (χ0) is 22.8. The quantitative estimate of drug-likeness (QED) is 0.646. The average Bonchev–Trinajstić information content (AvgIpc) is 2.79. The number of rotatable bonds is 4. The van der Waals surface area contributed by atoms with E-state index in [1.165, 1.54) is 24.7 Å². The first-order valence-electron chi connectivity index (χ1n) is 9.99. The summed E-state index contributed by atoms with van der Waals surface area (Å²) in [5.41, 5.74) is 3.53. The molecular weight excluding hydrogens is 408 g/mol. The second-order valence-corrected chi connectivity index (χ2v) is 7.58. The van der Waals surface area contributed by atoms with Crippen LogP contribution in [0.4, 0.5) is 11.5 Å². The second-order valence-electron chi connectivity index (χ2n) is 7.58. The number of carbonyl (C=O) groups excluding carboxylic acids is 1. The molecule has 0 fully saturated rings. The van der Waals surface area contributed by atoms with Gasteiger partial charge in [0.05, 0.1) is 18.4 Å². The van der Waals surface area contributed by atoms with Gasteiger partial charge in [0.25, 0.3) is 0 Å². The number of carbonyl (C=O) groups is 2. The molecule has 1 aliphatic rings. The summed E-state index contributed by atoms with van der Waals surface area (Å²) in [6, 6.07) is 10.7. The summed E-state index contributed by atoms with van der Waals surface area (Å²) >= 11 is 0. The standard InChI is InChI=1S/C23H20N6O3/c1-13-7-20(28-22-12-25-17(9-24)11-27-22)18-8-15(4-6-21(18)29(13)14(2)30)16-3-5-19(23(31)32)26-10-16/h3-6,8,10-13,20H,7H2,1-2H3,(H,27,28)(H,31,32)/t13-,20+/m0/s1. The highest BCUT2D eigenvalue weighted by Gasteiger charge is 2.33. The SMILES string of the molecule is CC(=O)N1c2ccc(-c3ccc(C(=O)O)nc3)cc2[C@H](Nc2cnc(C#N)cn2)C[C@@H]1C. The van der Waals surface area contributed by atoms with Gasteiger partial charge < -0.3 is 15.3 Å². The number of carboxylic acid groups (broad SMARTS) is 1. The molecule has 3 aromatic rings. The molecule has 32 heavy (non-hydrogen) atoms. The normalized spacial score (nSPS) is 17.2. The molecule has 0 radical (unpaired) electrons. The molecule has 1 aliphatic heterocycles. The van der Waals surface area contributed by atoms with Crippen molar-refractivity contribution in [1.29, 1.82) is 5.26 Å². The Balaban J connectivity index is 1.74. The Morgan fingerprint density at radius 2 is 1.91 bits per heavy atom. The van der Waals surface area contributed by atoms with Crippen molar-refractivity contribution in [2.45, 2.75) is 32.4 Å². The Morgan fingerprint density at radius 1 is 1.12 bits per heavy atom. The molecule has 9 nitrogen and oxygen atoms in total. The molecule has 0 spiro atoms. The van der Waals surface area contributed by atoms with Gasteiger partial charge in [0.2, 0.25) is 5.91 Å². The van der Waals surface area contributed by atoms with Crippen molar-refractivity contribution >= 4 is 23.4 Å². The number of fused-ring (bicyclic) bond motifs is 1. The highest BCUT2D eigenvalue weighted by Crippen LogP contribution is 2.40. The number of pyridine rings is 1. The molecule has 1 amide bonds. The van der Waals surface area contributed by atoms with Crippen molar-refractivity contribution < 1.29 is 14.7 Å². The molecule has 2 N–H and O–H groups in total. The third-order valence-electron chi connectivity index (χ3n) is 5.42. The van der Waals surface area contributed by atoms with Crippen LogP contribution in [-0.4, -0.2) is 38.0 Å². The highest BCUT2D eigenvalue weighted by molar-refractivity contribution is 5.94. The minimum absolute atomic E-state index is 0.0257. The molecule has 4 rings (SSSR count). The van der Waals surface area contributed by atoms with E-state index in [2.05, 4.69) is 20.3 Å². The van der Waals surface area contributed by atoms with Crippen molar-refractivity contribution in [3.8, 4) is 17.2 Å². The number of nitrogens with one attached hydrogen (secondary N) is 1. The second kappa shape index (κ2) is 8.43. The number of hydrogen-bond acceptors (Lipinski definition) is 7. The predicted octanol–water partition coefficient (Wildman–Crippen LogP) is 3.41. The number of carboxylic acids is 1. The topological polar surface area (TPSA) is 132 Å². The smallest absolute Gasteiger partial charge is 0.354 e. The zero-order valence-corrected chi connectivity index (χ0v) is 17.5. The van der Waals surface area contributed by atoms with Gasteiger partial charge in [0.15, 0.2) is 5.69 Å². The van der Waals surface area contributed by atoms with Crippen molar-refractivity contribution in [3.63, 3.8) is 0 Å². The zero-order valence-electron chi connectivity index (χ0n) is 17.5. The van der Waals surface area contributed by atoms with E-state index in [1.807, 2.05) is 31.2 Å². The van der Waals surface area contributed by atoms with Gasteiger partial charge in [-0.1, -0.05) is 12.1 Å². The van der Waals surface area contributed by atoms with Crippen LogP contribution in [0.5, 0.6) is 0 Å². The van der Waals surface area contributed by atoms with Crippen molar-refractivity contribution in [1.82, 2.24) is 15.0 Å². The van der Waals surface area contributed by atoms with E-state index in [9.17, 15) is 9.59 Å². The van der Waals surface area contributed by atoms with Crippen molar-refractivity contribution in [2.75, 3.05) is 10.2 Å². The summed E-state index contributed by atoms with van der Waals surface area (Å²) in [7, 11) is 0. The van der Waals surface area contributed by atoms with Crippen LogP contribution in [0.15, 0.2) is 48.9 Å². The fourth-order valence-corrected chi connectivity index (χ4v) is 3.99. The maximum absolute atomic E-state index is 12.4. The van der Waals surface area contributed by atoms with Crippen LogP contribution < -0.4 is 10.2 Å². The van der Waals surface area contributed by atoms with Crippen LogP contribution in [0.1, 0.15) is 48.1 Å². The van der Waals surface area contributed by atoms with E-state index < -0.39 is 5.97 Å². The fraction of sp³-hybridized carbons (Fsp3) is 0.217. The van der Waals surface area contributed by atoms with Crippen LogP contribution in [-0.2, 0) is 4.79 Å². The largest absolute Gasteiger partial charge is 0.477 e. The molecule has 2 atom stereocenters. The summed E-state index contributed by atoms with van der Waals surface area (Å²) in [5.74, 6) is -0.599. The molecule has 1 aromatic carbocycles. The van der Waals surface area contributed by atoms with E-state index in [0.717, 1.165) is 22.4 Å². The van der Waals surface area contributed by atoms with Gasteiger partial charge in [-0.15, -0.1) is 0 Å². The number of nitrogens with zero attached hydrogens (tertiary/aromatic N) is 5. The molecular formula is C23H20N6O3. The molecule has 0 saturated carbocycles. The molecule has 160 valence electrons. The average molecular weight is 428 g/mol. The number of anilines is 2. The van der Waals surface area contributed by atoms with Crippen molar-refractivity contribution in [2.24, 2.45) is 0 Å². The van der Waals surface area contributed by atoms with Crippen LogP contribution >= 0.6 is 0 Å². The minimum Gasteiger partial charge on any atom is -0.477 e. The summed E-state index contributed by atoms with van der Waals surface area (Å²) < 4.78 is 0. The number of amides is 1. The summed E-state index contributed by atoms with van der Waals surface area (Å²) in [4.78, 5) is 37.5. The first-order valence-corrected chi connectivity index (χ1v) is 9.99. The maximum atomic E-state index is 12.4. The molecule has 3 heterocycles. The van der Waals surface area contributed by atoms with E-state index in [1.54, 1.807) is 17.9 Å². The summed E-state index contributed by atoms with van der Waals surface area (Å²) in [5, 5.41) is 21.4. The van der Waals surface area contributed by atoms with E-state index in [-0.39, 0.29) is 29.4 Å². The number of benzene rings is 1. The van der Waals surface area contributed by atoms with Gasteiger partial charge >= 0.3 is 5.97 Å². The monoisotopic (exact) mass is 428 g/mol. The van der Waals surface area contributed by atoms with Crippen LogP contribution in [0.3, 0.4) is 0 Å². The van der Waals surface area contributed by atoms with E-state index in [4.69, 9.17) is 10.4 Å². The van der Waals surface area contributed by atoms with Gasteiger partial charge in [0, 0.05) is 30.4 Å². The van der Waals surface area contributed by atoms with E-state index >= 15 is 0 Å². The Bertz CT molecular complexity index is 1220. The third-order valence-corrected chi connectivity index (χ3v) is 5.42. The van der Waals surface area contributed by atoms with Crippen LogP contribution in [0.25, 0.3) is 11.1 Å². The Morgan fingerprint density at radius 3 is 2.50 bits per heavy atom. The lowest BCUT2D eigenvalue weighted by atomic mass is 9.89. The van der Waals surface area contributed by atoms with Gasteiger partial charge in [-0.2, -0.15) is 5.26 Å². The Kier molecular flexibility index (Phi) is 5.52. The van der Waals surface area contributed by atoms with E-state index in [0.29, 0.717) is 12.2 Å². The summed E-state index contributed by atoms with van der Waals surface area (Å²) in [6.07, 6.45) is 5.09. The third kappa shape index (κ3) is 3.98. The number of nitriles is 1. The lowest BCUT2D eigenvalue weighted by Crippen LogP contribution is -2.43. The number of hydrogen-bond donors (Lipinski definition) is 2. The fourth-order valence-electron chi connectivity index (χ4n) is 3.99. The van der Waals surface area contributed by atoms with Crippen LogP contribution in [0, 0.1) is 11.3 Å². The number of aromatic carboxylic acids is 1. The van der Waals surface area contributed by atoms with Crippen molar-refractivity contribution in [3.05, 3.63) is 65.9 Å². The Labute approximate surface area is 184 Å². The maximum Gasteiger partial charge on any atom is 0.354 e. The van der Waals surface area contributed by atoms with Gasteiger partial charge in [-0.25, -0.2) is 19.7 Å². The van der Waals surface area contributed by atoms with Gasteiger partial charge in [-0.3, -0.25) is 4.79 Å². The molecule has 0 unspecified atom stereocenters. The van der Waals surface area contributed by atoms with Gasteiger partial charge in [0.1, 0.15) is 17.6 Å². The minimum atomic E-state index is -1.08. The molecule has 2 aromatic heterocycles. The predicted molar refractivity (Wildman–Crippen MR) is 117 cm³/mol. The number of aromatic nitrogens is 3. The lowest BCUT2D eigenvalue weighted by Gasteiger charge is -2.39.